The summed E-state index contributed by atoms with van der Waals surface area (Å²) in [6.07, 6.45) is 15.4. The first kappa shape index (κ1) is 24.6. The van der Waals surface area contributed by atoms with Crippen molar-refractivity contribution in [2.24, 2.45) is 64.1 Å². The van der Waals surface area contributed by atoms with Crippen molar-refractivity contribution in [1.82, 2.24) is 0 Å². The monoisotopic (exact) mass is 440 g/mol. The standard InChI is InChI=1S/C31H52O/c1-8-10-23-19-27-22(5)13-16-28(32)31(27,7)26-17-18-30(6)24(14-15-25(30)29(23)26)21(4)12-9-11-20(2)3/h10,20-29,32H,1,9,11-19H2,2-7H3/t21-,22?,23?,24-,25+,26+,27?,28?,29+,30-,31-/m1/s1. The lowest BCUT2D eigenvalue weighted by Crippen LogP contribution is -2.61. The van der Waals surface area contributed by atoms with Gasteiger partial charge in [-0.15, -0.1) is 5.73 Å². The van der Waals surface area contributed by atoms with Gasteiger partial charge in [-0.1, -0.05) is 67.4 Å². The van der Waals surface area contributed by atoms with Gasteiger partial charge in [-0.3, -0.25) is 0 Å². The number of hydrogen-bond donors (Lipinski definition) is 1. The highest BCUT2D eigenvalue weighted by atomic mass is 16.3. The first-order chi connectivity index (χ1) is 15.1. The van der Waals surface area contributed by atoms with Crippen molar-refractivity contribution in [3.8, 4) is 0 Å². The first-order valence-electron chi connectivity index (χ1n) is 14.2. The molecule has 0 aliphatic heterocycles. The summed E-state index contributed by atoms with van der Waals surface area (Å²) < 4.78 is 0. The van der Waals surface area contributed by atoms with Crippen molar-refractivity contribution in [3.05, 3.63) is 18.4 Å². The summed E-state index contributed by atoms with van der Waals surface area (Å²) in [5, 5.41) is 11.4. The zero-order chi connectivity index (χ0) is 23.3. The van der Waals surface area contributed by atoms with E-state index >= 15 is 0 Å². The van der Waals surface area contributed by atoms with Crippen LogP contribution in [0.25, 0.3) is 0 Å². The molecule has 1 heteroatoms. The number of allylic oxidation sites excluding steroid dienone is 1. The van der Waals surface area contributed by atoms with Crippen LogP contribution in [0.15, 0.2) is 18.4 Å². The molecule has 4 saturated carbocycles. The van der Waals surface area contributed by atoms with E-state index in [0.717, 1.165) is 41.9 Å². The second-order valence-corrected chi connectivity index (χ2v) is 13.6. The first-order valence-corrected chi connectivity index (χ1v) is 14.2. The normalized spacial score (nSPS) is 49.0. The Balaban J connectivity index is 1.61. The SMILES string of the molecule is C=C=CC1CC2C(C)CCC(O)[C@]2(C)[C@H]2CC[C@]3(C)[C@@H]([C@H](C)CCCC(C)C)CC[C@H]3[C@H]12. The van der Waals surface area contributed by atoms with Crippen LogP contribution < -0.4 is 0 Å². The third-order valence-corrected chi connectivity index (χ3v) is 11.8. The molecule has 4 aliphatic carbocycles. The predicted octanol–water partition coefficient (Wildman–Crippen LogP) is 8.28. The largest absolute Gasteiger partial charge is 0.393 e. The molecular weight excluding hydrogens is 388 g/mol. The van der Waals surface area contributed by atoms with E-state index in [1.807, 2.05) is 0 Å². The van der Waals surface area contributed by atoms with Gasteiger partial charge < -0.3 is 5.11 Å². The Kier molecular flexibility index (Phi) is 7.12. The molecule has 0 bridgehead atoms. The van der Waals surface area contributed by atoms with Crippen molar-refractivity contribution < 1.29 is 5.11 Å². The van der Waals surface area contributed by atoms with Gasteiger partial charge in [0.15, 0.2) is 0 Å². The molecule has 4 rings (SSSR count). The van der Waals surface area contributed by atoms with E-state index in [1.54, 1.807) is 0 Å². The van der Waals surface area contributed by atoms with Crippen LogP contribution in [0.4, 0.5) is 0 Å². The summed E-state index contributed by atoms with van der Waals surface area (Å²) in [6.45, 7) is 18.9. The minimum Gasteiger partial charge on any atom is -0.393 e. The van der Waals surface area contributed by atoms with Crippen molar-refractivity contribution in [2.75, 3.05) is 0 Å². The Bertz CT molecular complexity index is 703. The van der Waals surface area contributed by atoms with Gasteiger partial charge in [0.05, 0.1) is 6.10 Å². The topological polar surface area (TPSA) is 20.2 Å². The fourth-order valence-corrected chi connectivity index (χ4v) is 10.1. The molecule has 0 radical (unpaired) electrons. The third-order valence-electron chi connectivity index (χ3n) is 11.8. The van der Waals surface area contributed by atoms with Crippen LogP contribution in [0.2, 0.25) is 0 Å². The average Bonchev–Trinajstić information content (AvgIpc) is 3.09. The van der Waals surface area contributed by atoms with E-state index in [9.17, 15) is 5.11 Å². The molecule has 1 nitrogen and oxygen atoms in total. The second kappa shape index (κ2) is 9.26. The van der Waals surface area contributed by atoms with Gasteiger partial charge >= 0.3 is 0 Å². The Hall–Kier alpha value is -0.520. The van der Waals surface area contributed by atoms with Gasteiger partial charge in [0, 0.05) is 0 Å². The number of aliphatic hydroxyl groups excluding tert-OH is 1. The predicted molar refractivity (Wildman–Crippen MR) is 136 cm³/mol. The molecule has 0 saturated heterocycles. The van der Waals surface area contributed by atoms with Crippen LogP contribution in [-0.2, 0) is 0 Å². The molecule has 4 fully saturated rings. The Morgan fingerprint density at radius 2 is 1.75 bits per heavy atom. The van der Waals surface area contributed by atoms with E-state index in [2.05, 4.69) is 59.9 Å². The van der Waals surface area contributed by atoms with E-state index < -0.39 is 0 Å². The van der Waals surface area contributed by atoms with Gasteiger partial charge in [-0.05, 0) is 115 Å². The minimum absolute atomic E-state index is 0.107. The maximum atomic E-state index is 11.4. The molecule has 32 heavy (non-hydrogen) atoms. The Morgan fingerprint density at radius 1 is 1.00 bits per heavy atom. The molecule has 11 atom stereocenters. The summed E-state index contributed by atoms with van der Waals surface area (Å²) in [5.74, 6) is 6.76. The van der Waals surface area contributed by atoms with Gasteiger partial charge in [-0.25, -0.2) is 0 Å². The lowest BCUT2D eigenvalue weighted by molar-refractivity contribution is -0.189. The van der Waals surface area contributed by atoms with E-state index in [4.69, 9.17) is 0 Å². The number of fused-ring (bicyclic) bond motifs is 5. The molecule has 0 aromatic heterocycles. The molecule has 1 N–H and O–H groups in total. The van der Waals surface area contributed by atoms with Crippen LogP contribution in [0.3, 0.4) is 0 Å². The summed E-state index contributed by atoms with van der Waals surface area (Å²) in [7, 11) is 0. The highest BCUT2D eigenvalue weighted by molar-refractivity contribution is 5.15. The van der Waals surface area contributed by atoms with Crippen LogP contribution in [-0.4, -0.2) is 11.2 Å². The summed E-state index contributed by atoms with van der Waals surface area (Å²) in [4.78, 5) is 0. The average molecular weight is 441 g/mol. The molecular formula is C31H52O. The zero-order valence-corrected chi connectivity index (χ0v) is 22.1. The molecule has 0 spiro atoms. The van der Waals surface area contributed by atoms with Crippen LogP contribution >= 0.6 is 0 Å². The molecule has 4 unspecified atom stereocenters. The number of hydrogen-bond acceptors (Lipinski definition) is 1. The van der Waals surface area contributed by atoms with Crippen molar-refractivity contribution >= 4 is 0 Å². The second-order valence-electron chi connectivity index (χ2n) is 13.6. The molecule has 0 aromatic rings. The lowest BCUT2D eigenvalue weighted by Gasteiger charge is -2.65. The fraction of sp³-hybridized carbons (Fsp3) is 0.903. The molecule has 0 heterocycles. The van der Waals surface area contributed by atoms with Crippen LogP contribution in [0.5, 0.6) is 0 Å². The quantitative estimate of drug-likeness (QED) is 0.412. The van der Waals surface area contributed by atoms with Crippen molar-refractivity contribution in [3.63, 3.8) is 0 Å². The maximum Gasteiger partial charge on any atom is 0.0599 e. The summed E-state index contributed by atoms with van der Waals surface area (Å²) >= 11 is 0. The maximum absolute atomic E-state index is 11.4. The highest BCUT2D eigenvalue weighted by Gasteiger charge is 2.64. The zero-order valence-electron chi connectivity index (χ0n) is 22.1. The summed E-state index contributed by atoms with van der Waals surface area (Å²) in [6, 6.07) is 0. The van der Waals surface area contributed by atoms with Gasteiger partial charge in [-0.2, -0.15) is 0 Å². The fourth-order valence-electron chi connectivity index (χ4n) is 10.1. The van der Waals surface area contributed by atoms with Gasteiger partial charge in [0.25, 0.3) is 0 Å². The van der Waals surface area contributed by atoms with Crippen LogP contribution in [0, 0.1) is 64.1 Å². The lowest BCUT2D eigenvalue weighted by atomic mass is 9.40. The smallest absolute Gasteiger partial charge is 0.0599 e. The molecule has 0 amide bonds. The minimum atomic E-state index is -0.110. The number of aliphatic hydroxyl groups is 1. The van der Waals surface area contributed by atoms with Crippen LogP contribution in [0.1, 0.15) is 106 Å². The molecule has 4 aliphatic rings. The van der Waals surface area contributed by atoms with Gasteiger partial charge in [0.2, 0.25) is 0 Å². The Morgan fingerprint density at radius 3 is 2.44 bits per heavy atom. The van der Waals surface area contributed by atoms with Gasteiger partial charge in [0.1, 0.15) is 0 Å². The Labute approximate surface area is 199 Å². The van der Waals surface area contributed by atoms with E-state index in [0.29, 0.717) is 23.2 Å². The third kappa shape index (κ3) is 3.88. The summed E-state index contributed by atoms with van der Waals surface area (Å²) in [5.41, 5.74) is 3.83. The number of rotatable bonds is 6. The van der Waals surface area contributed by atoms with E-state index in [-0.39, 0.29) is 11.5 Å². The van der Waals surface area contributed by atoms with E-state index in [1.165, 1.54) is 57.8 Å². The van der Waals surface area contributed by atoms with Crippen molar-refractivity contribution in [1.29, 1.82) is 0 Å². The van der Waals surface area contributed by atoms with Crippen molar-refractivity contribution in [2.45, 2.75) is 112 Å². The molecule has 182 valence electrons. The highest BCUT2D eigenvalue weighted by Crippen LogP contribution is 2.70. The molecule has 0 aromatic carbocycles.